The molecule has 0 spiro atoms. The van der Waals surface area contributed by atoms with Crippen LogP contribution in [-0.2, 0) is 4.74 Å². The maximum absolute atomic E-state index is 5.77. The number of nitrogens with zero attached hydrogens (tertiary/aromatic N) is 2. The minimum absolute atomic E-state index is 0.230. The van der Waals surface area contributed by atoms with Gasteiger partial charge in [-0.05, 0) is 32.0 Å². The second kappa shape index (κ2) is 5.26. The van der Waals surface area contributed by atoms with Crippen LogP contribution in [0.25, 0.3) is 10.9 Å². The molecule has 0 aliphatic carbocycles. The average Bonchev–Trinajstić information content (AvgIpc) is 2.45. The molecule has 1 aliphatic rings. The number of ether oxygens (including phenoxy) is 1. The van der Waals surface area contributed by atoms with Crippen molar-refractivity contribution in [2.45, 2.75) is 26.1 Å². The Balaban J connectivity index is 1.99. The van der Waals surface area contributed by atoms with E-state index in [1.807, 2.05) is 6.07 Å². The molecule has 5 nitrogen and oxygen atoms in total. The van der Waals surface area contributed by atoms with Gasteiger partial charge in [-0.15, -0.1) is 0 Å². The number of anilines is 1. The van der Waals surface area contributed by atoms with E-state index >= 15 is 0 Å². The summed E-state index contributed by atoms with van der Waals surface area (Å²) in [7, 11) is 0. The second-order valence-electron chi connectivity index (χ2n) is 5.29. The zero-order chi connectivity index (χ0) is 14.1. The van der Waals surface area contributed by atoms with E-state index in [0.29, 0.717) is 5.75 Å². The molecule has 0 bridgehead atoms. The molecule has 1 saturated heterocycles. The van der Waals surface area contributed by atoms with Crippen molar-refractivity contribution in [1.82, 2.24) is 4.98 Å². The van der Waals surface area contributed by atoms with Crippen molar-refractivity contribution < 1.29 is 9.57 Å². The molecule has 2 atom stereocenters. The van der Waals surface area contributed by atoms with E-state index < -0.39 is 0 Å². The first-order valence-electron chi connectivity index (χ1n) is 6.83. The van der Waals surface area contributed by atoms with E-state index in [-0.39, 0.29) is 12.2 Å². The van der Waals surface area contributed by atoms with Crippen LogP contribution >= 0.6 is 0 Å². The van der Waals surface area contributed by atoms with E-state index in [0.717, 1.165) is 29.7 Å². The van der Waals surface area contributed by atoms with Gasteiger partial charge in [0.15, 0.2) is 5.75 Å². The molecule has 2 unspecified atom stereocenters. The molecule has 1 aromatic heterocycles. The first-order valence-corrected chi connectivity index (χ1v) is 6.83. The zero-order valence-corrected chi connectivity index (χ0v) is 11.7. The number of fused-ring (bicyclic) bond motifs is 1. The largest absolute Gasteiger partial charge is 0.411 e. The summed E-state index contributed by atoms with van der Waals surface area (Å²) in [5.74, 6) is 5.97. The third-order valence-electron chi connectivity index (χ3n) is 3.60. The molecule has 5 heteroatoms. The minimum atomic E-state index is 0.230. The maximum Gasteiger partial charge on any atom is 0.157 e. The number of hydrogen-bond acceptors (Lipinski definition) is 5. The van der Waals surface area contributed by atoms with Gasteiger partial charge in [-0.2, -0.15) is 5.90 Å². The molecule has 0 amide bonds. The molecular formula is C15H19N3O2. The van der Waals surface area contributed by atoms with Crippen molar-refractivity contribution >= 4 is 16.6 Å². The minimum Gasteiger partial charge on any atom is -0.411 e. The Labute approximate surface area is 118 Å². The molecule has 0 saturated carbocycles. The number of aromatic nitrogens is 1. The van der Waals surface area contributed by atoms with E-state index in [9.17, 15) is 0 Å². The lowest BCUT2D eigenvalue weighted by Crippen LogP contribution is -2.45. The highest BCUT2D eigenvalue weighted by atomic mass is 16.6. The Morgan fingerprint density at radius 1 is 1.25 bits per heavy atom. The molecule has 0 radical (unpaired) electrons. The van der Waals surface area contributed by atoms with E-state index in [2.05, 4.69) is 35.9 Å². The highest BCUT2D eigenvalue weighted by molar-refractivity contribution is 5.88. The van der Waals surface area contributed by atoms with Gasteiger partial charge in [0, 0.05) is 36.4 Å². The summed E-state index contributed by atoms with van der Waals surface area (Å²) >= 11 is 0. The first kappa shape index (κ1) is 13.1. The van der Waals surface area contributed by atoms with Crippen LogP contribution in [0.15, 0.2) is 30.5 Å². The van der Waals surface area contributed by atoms with Gasteiger partial charge in [0.25, 0.3) is 0 Å². The molecule has 2 aromatic rings. The van der Waals surface area contributed by atoms with Gasteiger partial charge in [-0.1, -0.05) is 0 Å². The van der Waals surface area contributed by atoms with Crippen LogP contribution < -0.4 is 15.6 Å². The summed E-state index contributed by atoms with van der Waals surface area (Å²) in [5.41, 5.74) is 2.02. The van der Waals surface area contributed by atoms with Crippen molar-refractivity contribution in [2.24, 2.45) is 5.90 Å². The zero-order valence-electron chi connectivity index (χ0n) is 11.7. The maximum atomic E-state index is 5.77. The Bertz CT molecular complexity index is 607. The average molecular weight is 273 g/mol. The van der Waals surface area contributed by atoms with E-state index in [4.69, 9.17) is 15.5 Å². The standard InChI is InChI=1S/C15H19N3O2/c1-10-8-18(9-11(2)19-10)12-3-4-14-13(7-12)15(20-16)5-6-17-14/h3-7,10-11H,8-9,16H2,1-2H3. The molecule has 3 rings (SSSR count). The number of nitrogens with two attached hydrogens (primary N) is 1. The summed E-state index contributed by atoms with van der Waals surface area (Å²) in [5, 5.41) is 0.930. The summed E-state index contributed by atoms with van der Waals surface area (Å²) in [4.78, 5) is 11.6. The van der Waals surface area contributed by atoms with Crippen LogP contribution in [0.2, 0.25) is 0 Å². The van der Waals surface area contributed by atoms with Crippen LogP contribution in [0.1, 0.15) is 13.8 Å². The monoisotopic (exact) mass is 273 g/mol. The van der Waals surface area contributed by atoms with Gasteiger partial charge < -0.3 is 14.5 Å². The molecular weight excluding hydrogens is 254 g/mol. The third kappa shape index (κ3) is 2.42. The summed E-state index contributed by atoms with van der Waals surface area (Å²) in [6.45, 7) is 5.96. The molecule has 1 fully saturated rings. The van der Waals surface area contributed by atoms with Gasteiger partial charge in [-0.25, -0.2) is 0 Å². The van der Waals surface area contributed by atoms with Crippen molar-refractivity contribution in [3.05, 3.63) is 30.5 Å². The highest BCUT2D eigenvalue weighted by Crippen LogP contribution is 2.29. The van der Waals surface area contributed by atoms with Crippen molar-refractivity contribution in [1.29, 1.82) is 0 Å². The normalized spacial score (nSPS) is 23.1. The van der Waals surface area contributed by atoms with Crippen LogP contribution in [0.3, 0.4) is 0 Å². The summed E-state index contributed by atoms with van der Waals surface area (Å²) in [6, 6.07) is 7.93. The second-order valence-corrected chi connectivity index (χ2v) is 5.29. The lowest BCUT2D eigenvalue weighted by Gasteiger charge is -2.37. The number of pyridine rings is 1. The molecule has 1 aromatic carbocycles. The summed E-state index contributed by atoms with van der Waals surface area (Å²) < 4.78 is 5.77. The van der Waals surface area contributed by atoms with E-state index in [1.54, 1.807) is 12.3 Å². The highest BCUT2D eigenvalue weighted by Gasteiger charge is 2.22. The molecule has 2 N–H and O–H groups in total. The number of rotatable bonds is 2. The number of morpholine rings is 1. The quantitative estimate of drug-likeness (QED) is 0.849. The smallest absolute Gasteiger partial charge is 0.157 e. The Morgan fingerprint density at radius 3 is 2.70 bits per heavy atom. The fourth-order valence-electron chi connectivity index (χ4n) is 2.80. The first-order chi connectivity index (χ1) is 9.67. The molecule has 106 valence electrons. The molecule has 20 heavy (non-hydrogen) atoms. The lowest BCUT2D eigenvalue weighted by atomic mass is 10.1. The predicted octanol–water partition coefficient (Wildman–Crippen LogP) is 2.10. The Morgan fingerprint density at radius 2 is 2.00 bits per heavy atom. The number of hydrogen-bond donors (Lipinski definition) is 1. The SMILES string of the molecule is CC1CN(c2ccc3nccc(ON)c3c2)CC(C)O1. The van der Waals surface area contributed by atoms with Crippen LogP contribution in [-0.4, -0.2) is 30.3 Å². The van der Waals surface area contributed by atoms with Crippen molar-refractivity contribution in [3.63, 3.8) is 0 Å². The molecule has 2 heterocycles. The van der Waals surface area contributed by atoms with E-state index in [1.165, 1.54) is 0 Å². The summed E-state index contributed by atoms with van der Waals surface area (Å²) in [6.07, 6.45) is 2.16. The fourth-order valence-corrected chi connectivity index (χ4v) is 2.80. The van der Waals surface area contributed by atoms with Gasteiger partial charge in [0.05, 0.1) is 17.7 Å². The third-order valence-corrected chi connectivity index (χ3v) is 3.60. The van der Waals surface area contributed by atoms with Crippen molar-refractivity contribution in [2.75, 3.05) is 18.0 Å². The fraction of sp³-hybridized carbons (Fsp3) is 0.400. The van der Waals surface area contributed by atoms with Crippen LogP contribution in [0.5, 0.6) is 5.75 Å². The van der Waals surface area contributed by atoms with Gasteiger partial charge in [-0.3, -0.25) is 4.98 Å². The predicted molar refractivity (Wildman–Crippen MR) is 78.8 cm³/mol. The van der Waals surface area contributed by atoms with Crippen LogP contribution in [0.4, 0.5) is 5.69 Å². The molecule has 1 aliphatic heterocycles. The Hall–Kier alpha value is -1.85. The van der Waals surface area contributed by atoms with Crippen molar-refractivity contribution in [3.8, 4) is 5.75 Å². The topological polar surface area (TPSA) is 60.6 Å². The van der Waals surface area contributed by atoms with Gasteiger partial charge in [0.1, 0.15) is 0 Å². The Kier molecular flexibility index (Phi) is 3.46. The van der Waals surface area contributed by atoms with Gasteiger partial charge >= 0.3 is 0 Å². The van der Waals surface area contributed by atoms with Gasteiger partial charge in [0.2, 0.25) is 0 Å². The number of benzene rings is 1. The lowest BCUT2D eigenvalue weighted by molar-refractivity contribution is -0.00520. The van der Waals surface area contributed by atoms with Crippen LogP contribution in [0, 0.1) is 0 Å².